The number of amides is 1. The average Bonchev–Trinajstić information content (AvgIpc) is 2.69. The summed E-state index contributed by atoms with van der Waals surface area (Å²) in [6.45, 7) is 7.41. The lowest BCUT2D eigenvalue weighted by Crippen LogP contribution is -2.38. The number of rotatable bonds is 7. The quantitative estimate of drug-likeness (QED) is 0.813. The van der Waals surface area contributed by atoms with Crippen LogP contribution in [-0.2, 0) is 11.2 Å². The Morgan fingerprint density at radius 1 is 1.22 bits per heavy atom. The lowest BCUT2D eigenvalue weighted by atomic mass is 10.1. The van der Waals surface area contributed by atoms with Crippen LogP contribution in [0.5, 0.6) is 5.75 Å². The fourth-order valence-electron chi connectivity index (χ4n) is 3.02. The Labute approximate surface area is 160 Å². The summed E-state index contributed by atoms with van der Waals surface area (Å²) in [5.74, 6) is 1.50. The molecule has 144 valence electrons. The molecule has 1 fully saturated rings. The van der Waals surface area contributed by atoms with Gasteiger partial charge in [0.25, 0.3) is 5.91 Å². The van der Waals surface area contributed by atoms with Crippen molar-refractivity contribution in [3.05, 3.63) is 53.7 Å². The minimum atomic E-state index is -0.0932. The number of hydrogen-bond acceptors (Lipinski definition) is 5. The van der Waals surface area contributed by atoms with Crippen molar-refractivity contribution >= 4 is 11.7 Å². The molecule has 0 unspecified atom stereocenters. The monoisotopic (exact) mass is 369 g/mol. The second kappa shape index (κ2) is 9.37. The number of morpholine rings is 1. The van der Waals surface area contributed by atoms with Crippen LogP contribution in [0.25, 0.3) is 0 Å². The highest BCUT2D eigenvalue weighted by Gasteiger charge is 2.19. The average molecular weight is 369 g/mol. The zero-order valence-electron chi connectivity index (χ0n) is 16.0. The second-order valence-electron chi connectivity index (χ2n) is 6.79. The first-order valence-electron chi connectivity index (χ1n) is 9.45. The van der Waals surface area contributed by atoms with Gasteiger partial charge >= 0.3 is 0 Å². The molecule has 1 saturated heterocycles. The van der Waals surface area contributed by atoms with Crippen LogP contribution >= 0.6 is 0 Å². The maximum absolute atomic E-state index is 12.6. The van der Waals surface area contributed by atoms with Gasteiger partial charge < -0.3 is 19.7 Å². The van der Waals surface area contributed by atoms with Gasteiger partial charge in [0, 0.05) is 25.8 Å². The fourth-order valence-corrected chi connectivity index (χ4v) is 3.02. The van der Waals surface area contributed by atoms with E-state index >= 15 is 0 Å². The predicted molar refractivity (Wildman–Crippen MR) is 106 cm³/mol. The van der Waals surface area contributed by atoms with Crippen LogP contribution in [0.15, 0.2) is 42.6 Å². The normalized spacial score (nSPS) is 14.3. The van der Waals surface area contributed by atoms with Gasteiger partial charge in [0.1, 0.15) is 11.6 Å². The maximum atomic E-state index is 12.6. The van der Waals surface area contributed by atoms with E-state index in [1.807, 2.05) is 44.2 Å². The summed E-state index contributed by atoms with van der Waals surface area (Å²) in [4.78, 5) is 19.2. The topological polar surface area (TPSA) is 63.7 Å². The van der Waals surface area contributed by atoms with Crippen LogP contribution in [0.4, 0.5) is 5.82 Å². The smallest absolute Gasteiger partial charge is 0.255 e. The first kappa shape index (κ1) is 19.2. The number of pyridine rings is 1. The molecular formula is C21H27N3O3. The van der Waals surface area contributed by atoms with Gasteiger partial charge in [-0.05, 0) is 50.1 Å². The Balaban J connectivity index is 1.55. The van der Waals surface area contributed by atoms with E-state index in [0.717, 1.165) is 36.6 Å². The van der Waals surface area contributed by atoms with E-state index in [2.05, 4.69) is 15.2 Å². The Morgan fingerprint density at radius 2 is 1.96 bits per heavy atom. The Hall–Kier alpha value is -2.60. The molecule has 1 aliphatic heterocycles. The number of aromatic nitrogens is 1. The molecule has 1 aliphatic rings. The van der Waals surface area contributed by atoms with Gasteiger partial charge in [0.2, 0.25) is 0 Å². The minimum Gasteiger partial charge on any atom is -0.491 e. The van der Waals surface area contributed by atoms with E-state index in [1.165, 1.54) is 0 Å². The third-order valence-electron chi connectivity index (χ3n) is 4.34. The van der Waals surface area contributed by atoms with Crippen LogP contribution in [0, 0.1) is 0 Å². The number of nitrogens with one attached hydrogen (secondary N) is 1. The van der Waals surface area contributed by atoms with Crippen molar-refractivity contribution in [3.8, 4) is 5.75 Å². The summed E-state index contributed by atoms with van der Waals surface area (Å²) in [7, 11) is 0. The molecule has 1 N–H and O–H groups in total. The number of hydrogen-bond donors (Lipinski definition) is 1. The molecule has 6 heteroatoms. The molecule has 0 bridgehead atoms. The zero-order valence-corrected chi connectivity index (χ0v) is 16.0. The predicted octanol–water partition coefficient (Wildman–Crippen LogP) is 2.68. The summed E-state index contributed by atoms with van der Waals surface area (Å²) in [6, 6.07) is 11.6. The summed E-state index contributed by atoms with van der Waals surface area (Å²) in [5, 5.41) is 3.01. The summed E-state index contributed by atoms with van der Waals surface area (Å²) in [5.41, 5.74) is 1.77. The first-order chi connectivity index (χ1) is 13.1. The molecule has 0 aliphatic carbocycles. The lowest BCUT2D eigenvalue weighted by Gasteiger charge is -2.29. The number of nitrogens with zero attached hydrogens (tertiary/aromatic N) is 2. The summed E-state index contributed by atoms with van der Waals surface area (Å²) < 4.78 is 11.0. The van der Waals surface area contributed by atoms with Gasteiger partial charge in [0.05, 0.1) is 24.9 Å². The van der Waals surface area contributed by atoms with Crippen molar-refractivity contribution in [2.24, 2.45) is 0 Å². The van der Waals surface area contributed by atoms with E-state index in [4.69, 9.17) is 9.47 Å². The van der Waals surface area contributed by atoms with Crippen LogP contribution in [-0.4, -0.2) is 49.8 Å². The molecule has 2 heterocycles. The van der Waals surface area contributed by atoms with E-state index in [-0.39, 0.29) is 12.0 Å². The van der Waals surface area contributed by atoms with Crippen molar-refractivity contribution in [2.75, 3.05) is 37.7 Å². The Kier molecular flexibility index (Phi) is 6.65. The number of anilines is 1. The van der Waals surface area contributed by atoms with Crippen molar-refractivity contribution in [1.29, 1.82) is 0 Å². The number of carbonyl (C=O) groups is 1. The standard InChI is InChI=1S/C21H27N3O3/c1-16(2)27-18-7-5-17(6-8-18)9-11-23-21(25)19-4-3-10-22-20(19)24-12-14-26-15-13-24/h3-8,10,16H,9,11-15H2,1-2H3,(H,23,25). The Bertz CT molecular complexity index is 741. The Morgan fingerprint density at radius 3 is 2.67 bits per heavy atom. The fraction of sp³-hybridized carbons (Fsp3) is 0.429. The van der Waals surface area contributed by atoms with Crippen molar-refractivity contribution in [3.63, 3.8) is 0 Å². The highest BCUT2D eigenvalue weighted by atomic mass is 16.5. The van der Waals surface area contributed by atoms with Crippen molar-refractivity contribution < 1.29 is 14.3 Å². The van der Waals surface area contributed by atoms with Crippen LogP contribution in [0.2, 0.25) is 0 Å². The van der Waals surface area contributed by atoms with E-state index in [9.17, 15) is 4.79 Å². The maximum Gasteiger partial charge on any atom is 0.255 e. The number of ether oxygens (including phenoxy) is 2. The highest BCUT2D eigenvalue weighted by molar-refractivity contribution is 5.98. The largest absolute Gasteiger partial charge is 0.491 e. The van der Waals surface area contributed by atoms with Gasteiger partial charge in [0.15, 0.2) is 0 Å². The molecule has 3 rings (SSSR count). The molecule has 1 aromatic heterocycles. The van der Waals surface area contributed by atoms with E-state index < -0.39 is 0 Å². The number of carbonyl (C=O) groups excluding carboxylic acids is 1. The lowest BCUT2D eigenvalue weighted by molar-refractivity contribution is 0.0952. The molecule has 0 spiro atoms. The van der Waals surface area contributed by atoms with Gasteiger partial charge in [-0.1, -0.05) is 12.1 Å². The summed E-state index contributed by atoms with van der Waals surface area (Å²) >= 11 is 0. The molecule has 27 heavy (non-hydrogen) atoms. The molecule has 1 aromatic carbocycles. The van der Waals surface area contributed by atoms with Crippen molar-refractivity contribution in [2.45, 2.75) is 26.4 Å². The third-order valence-corrected chi connectivity index (χ3v) is 4.34. The van der Waals surface area contributed by atoms with Gasteiger partial charge in [-0.2, -0.15) is 0 Å². The molecule has 6 nitrogen and oxygen atoms in total. The minimum absolute atomic E-state index is 0.0932. The van der Waals surface area contributed by atoms with Crippen LogP contribution in [0.3, 0.4) is 0 Å². The third kappa shape index (κ3) is 5.44. The molecule has 0 saturated carbocycles. The van der Waals surface area contributed by atoms with E-state index in [0.29, 0.717) is 25.3 Å². The van der Waals surface area contributed by atoms with Gasteiger partial charge in [-0.15, -0.1) is 0 Å². The van der Waals surface area contributed by atoms with Gasteiger partial charge in [-0.25, -0.2) is 4.98 Å². The number of benzene rings is 1. The van der Waals surface area contributed by atoms with E-state index in [1.54, 1.807) is 12.3 Å². The van der Waals surface area contributed by atoms with Crippen LogP contribution in [0.1, 0.15) is 29.8 Å². The van der Waals surface area contributed by atoms with Crippen molar-refractivity contribution in [1.82, 2.24) is 10.3 Å². The molecule has 2 aromatic rings. The SMILES string of the molecule is CC(C)Oc1ccc(CCNC(=O)c2cccnc2N2CCOCC2)cc1. The molecular weight excluding hydrogens is 342 g/mol. The van der Waals surface area contributed by atoms with Crippen LogP contribution < -0.4 is 15.0 Å². The first-order valence-corrected chi connectivity index (χ1v) is 9.45. The second-order valence-corrected chi connectivity index (χ2v) is 6.79. The molecule has 0 radical (unpaired) electrons. The summed E-state index contributed by atoms with van der Waals surface area (Å²) in [6.07, 6.45) is 2.65. The molecule has 1 amide bonds. The molecule has 0 atom stereocenters. The zero-order chi connectivity index (χ0) is 19.1. The highest BCUT2D eigenvalue weighted by Crippen LogP contribution is 2.18. The van der Waals surface area contributed by atoms with Gasteiger partial charge in [-0.3, -0.25) is 4.79 Å².